The molecular formula is C26H25N3O4. The van der Waals surface area contributed by atoms with Crippen LogP contribution in [-0.2, 0) is 13.0 Å². The summed E-state index contributed by atoms with van der Waals surface area (Å²) in [7, 11) is 0. The summed E-state index contributed by atoms with van der Waals surface area (Å²) in [6.45, 7) is 4.63. The fraction of sp³-hybridized carbons (Fsp3) is 0.269. The highest BCUT2D eigenvalue weighted by Crippen LogP contribution is 2.31. The number of carbonyl (C=O) groups is 1. The van der Waals surface area contributed by atoms with Crippen LogP contribution >= 0.6 is 0 Å². The summed E-state index contributed by atoms with van der Waals surface area (Å²) < 4.78 is 5.59. The molecule has 5 rings (SSSR count). The van der Waals surface area contributed by atoms with Gasteiger partial charge in [-0.15, -0.1) is 0 Å². The third-order valence-electron chi connectivity index (χ3n) is 6.34. The van der Waals surface area contributed by atoms with Gasteiger partial charge in [0.1, 0.15) is 11.4 Å². The van der Waals surface area contributed by atoms with Crippen LogP contribution in [0.3, 0.4) is 0 Å². The molecule has 0 bridgehead atoms. The van der Waals surface area contributed by atoms with Crippen molar-refractivity contribution in [3.05, 3.63) is 99.1 Å². The summed E-state index contributed by atoms with van der Waals surface area (Å²) in [5.74, 6) is 0.778. The van der Waals surface area contributed by atoms with Crippen LogP contribution in [0.2, 0.25) is 0 Å². The largest absolute Gasteiger partial charge is 0.493 e. The standard InChI is InChI=1S/C26H25N3O4/c30-26(20-4-2-1-3-5-20)22-7-8-23(24(17-22)29(31)32)28-13-11-27(12-14-28)18-19-6-9-25-21(16-19)10-15-33-25/h1-9,16-17H,10-15,18H2. The molecule has 0 atom stereocenters. The van der Waals surface area contributed by atoms with E-state index in [2.05, 4.69) is 23.1 Å². The van der Waals surface area contributed by atoms with Gasteiger partial charge in [0.25, 0.3) is 5.69 Å². The SMILES string of the molecule is O=C(c1ccccc1)c1ccc(N2CCN(Cc3ccc4c(c3)CCO4)CC2)c([N+](=O)[O-])c1. The van der Waals surface area contributed by atoms with Crippen LogP contribution < -0.4 is 9.64 Å². The Morgan fingerprint density at radius 1 is 0.939 bits per heavy atom. The predicted octanol–water partition coefficient (Wildman–Crippen LogP) is 4.08. The monoisotopic (exact) mass is 443 g/mol. The highest BCUT2D eigenvalue weighted by Gasteiger charge is 2.25. The molecule has 0 unspecified atom stereocenters. The number of ketones is 1. The number of nitro benzene ring substituents is 1. The maximum atomic E-state index is 12.7. The van der Waals surface area contributed by atoms with Crippen molar-refractivity contribution < 1.29 is 14.5 Å². The van der Waals surface area contributed by atoms with Crippen LogP contribution in [-0.4, -0.2) is 48.4 Å². The number of ether oxygens (including phenoxy) is 1. The first-order valence-corrected chi connectivity index (χ1v) is 11.2. The fourth-order valence-electron chi connectivity index (χ4n) is 4.58. The maximum absolute atomic E-state index is 12.7. The van der Waals surface area contributed by atoms with E-state index in [1.807, 2.05) is 11.0 Å². The quantitative estimate of drug-likeness (QED) is 0.325. The first-order chi connectivity index (χ1) is 16.1. The Hall–Kier alpha value is -3.71. The molecule has 0 saturated carbocycles. The number of rotatable bonds is 6. The third kappa shape index (κ3) is 4.45. The second-order valence-electron chi connectivity index (χ2n) is 8.46. The second-order valence-corrected chi connectivity index (χ2v) is 8.46. The van der Waals surface area contributed by atoms with Crippen molar-refractivity contribution in [2.45, 2.75) is 13.0 Å². The molecule has 2 aliphatic rings. The van der Waals surface area contributed by atoms with Crippen molar-refractivity contribution in [2.24, 2.45) is 0 Å². The van der Waals surface area contributed by atoms with Gasteiger partial charge in [0.2, 0.25) is 0 Å². The number of piperazine rings is 1. The zero-order chi connectivity index (χ0) is 22.8. The third-order valence-corrected chi connectivity index (χ3v) is 6.34. The van der Waals surface area contributed by atoms with E-state index in [-0.39, 0.29) is 11.5 Å². The van der Waals surface area contributed by atoms with Crippen LogP contribution in [0.15, 0.2) is 66.7 Å². The molecule has 2 aliphatic heterocycles. The van der Waals surface area contributed by atoms with Gasteiger partial charge in [-0.25, -0.2) is 0 Å². The molecule has 0 aromatic heterocycles. The molecular weight excluding hydrogens is 418 g/mol. The van der Waals surface area contributed by atoms with Crippen molar-refractivity contribution in [1.82, 2.24) is 4.90 Å². The molecule has 7 heteroatoms. The van der Waals surface area contributed by atoms with Crippen LogP contribution in [0.25, 0.3) is 0 Å². The van der Waals surface area contributed by atoms with Crippen molar-refractivity contribution in [3.8, 4) is 5.75 Å². The lowest BCUT2D eigenvalue weighted by Gasteiger charge is -2.36. The van der Waals surface area contributed by atoms with Crippen molar-refractivity contribution in [1.29, 1.82) is 0 Å². The molecule has 2 heterocycles. The van der Waals surface area contributed by atoms with E-state index in [1.54, 1.807) is 36.4 Å². The van der Waals surface area contributed by atoms with Crippen molar-refractivity contribution in [3.63, 3.8) is 0 Å². The molecule has 0 amide bonds. The van der Waals surface area contributed by atoms with Gasteiger partial charge in [-0.2, -0.15) is 0 Å². The number of nitrogens with zero attached hydrogens (tertiary/aromatic N) is 3. The lowest BCUT2D eigenvalue weighted by atomic mass is 10.0. The molecule has 1 saturated heterocycles. The normalized spacial score (nSPS) is 15.7. The van der Waals surface area contributed by atoms with Gasteiger partial charge in [-0.3, -0.25) is 19.8 Å². The predicted molar refractivity (Wildman–Crippen MR) is 126 cm³/mol. The van der Waals surface area contributed by atoms with Crippen molar-refractivity contribution >= 4 is 17.2 Å². The van der Waals surface area contributed by atoms with E-state index in [0.717, 1.165) is 38.4 Å². The molecule has 7 nitrogen and oxygen atoms in total. The lowest BCUT2D eigenvalue weighted by Crippen LogP contribution is -2.46. The Labute approximate surface area is 192 Å². The topological polar surface area (TPSA) is 75.9 Å². The van der Waals surface area contributed by atoms with Gasteiger partial charge < -0.3 is 9.64 Å². The van der Waals surface area contributed by atoms with Gasteiger partial charge in [-0.05, 0) is 29.3 Å². The molecule has 3 aromatic rings. The summed E-state index contributed by atoms with van der Waals surface area (Å²) in [5, 5.41) is 11.8. The number of benzene rings is 3. The Balaban J connectivity index is 1.28. The van der Waals surface area contributed by atoms with Crippen LogP contribution in [0, 0.1) is 10.1 Å². The molecule has 168 valence electrons. The van der Waals surface area contributed by atoms with Gasteiger partial charge >= 0.3 is 0 Å². The molecule has 1 fully saturated rings. The molecule has 33 heavy (non-hydrogen) atoms. The second kappa shape index (κ2) is 9.03. The first kappa shape index (κ1) is 21.2. The van der Waals surface area contributed by atoms with E-state index in [0.29, 0.717) is 29.9 Å². The number of anilines is 1. The number of carbonyl (C=O) groups excluding carboxylic acids is 1. The Morgan fingerprint density at radius 3 is 2.48 bits per heavy atom. The Kier molecular flexibility index (Phi) is 5.79. The molecule has 0 aliphatic carbocycles. The molecule has 3 aromatic carbocycles. The van der Waals surface area contributed by atoms with E-state index < -0.39 is 4.92 Å². The Morgan fingerprint density at radius 2 is 1.73 bits per heavy atom. The number of fused-ring (bicyclic) bond motifs is 1. The minimum absolute atomic E-state index is 0.0242. The fourth-order valence-corrected chi connectivity index (χ4v) is 4.58. The van der Waals surface area contributed by atoms with Crippen LogP contribution in [0.4, 0.5) is 11.4 Å². The summed E-state index contributed by atoms with van der Waals surface area (Å²) in [6.07, 6.45) is 0.962. The minimum atomic E-state index is -0.393. The van der Waals surface area contributed by atoms with E-state index in [4.69, 9.17) is 4.74 Å². The van der Waals surface area contributed by atoms with Gasteiger partial charge in [-0.1, -0.05) is 42.5 Å². The highest BCUT2D eigenvalue weighted by atomic mass is 16.6. The average molecular weight is 444 g/mol. The Bertz CT molecular complexity index is 1190. The highest BCUT2D eigenvalue weighted by molar-refractivity contribution is 6.09. The molecule has 0 N–H and O–H groups in total. The van der Waals surface area contributed by atoms with E-state index >= 15 is 0 Å². The molecule has 0 radical (unpaired) electrons. The van der Waals surface area contributed by atoms with Gasteiger partial charge in [0.05, 0.1) is 11.5 Å². The summed E-state index contributed by atoms with van der Waals surface area (Å²) in [5.41, 5.74) is 3.93. The first-order valence-electron chi connectivity index (χ1n) is 11.2. The number of hydrogen-bond acceptors (Lipinski definition) is 6. The summed E-state index contributed by atoms with van der Waals surface area (Å²) in [6, 6.07) is 20.0. The number of nitro groups is 1. The van der Waals surface area contributed by atoms with Gasteiger partial charge in [0, 0.05) is 56.3 Å². The average Bonchev–Trinajstić information content (AvgIpc) is 3.32. The molecule has 0 spiro atoms. The zero-order valence-electron chi connectivity index (χ0n) is 18.3. The number of hydrogen-bond donors (Lipinski definition) is 0. The van der Waals surface area contributed by atoms with E-state index in [1.165, 1.54) is 17.2 Å². The zero-order valence-corrected chi connectivity index (χ0v) is 18.3. The summed E-state index contributed by atoms with van der Waals surface area (Å²) in [4.78, 5) is 28.6. The van der Waals surface area contributed by atoms with E-state index in [9.17, 15) is 14.9 Å². The van der Waals surface area contributed by atoms with Gasteiger partial charge in [0.15, 0.2) is 5.78 Å². The maximum Gasteiger partial charge on any atom is 0.293 e. The van der Waals surface area contributed by atoms with Crippen molar-refractivity contribution in [2.75, 3.05) is 37.7 Å². The summed E-state index contributed by atoms with van der Waals surface area (Å²) >= 11 is 0. The smallest absolute Gasteiger partial charge is 0.293 e. The minimum Gasteiger partial charge on any atom is -0.493 e. The van der Waals surface area contributed by atoms with Crippen LogP contribution in [0.5, 0.6) is 5.75 Å². The lowest BCUT2D eigenvalue weighted by molar-refractivity contribution is -0.384. The van der Waals surface area contributed by atoms with Crippen LogP contribution in [0.1, 0.15) is 27.0 Å².